The maximum Gasteiger partial charge on any atom is 0.0137 e. The zero-order valence-electron chi connectivity index (χ0n) is 13.8. The molecule has 0 bridgehead atoms. The molecule has 0 aromatic heterocycles. The van der Waals surface area contributed by atoms with E-state index in [9.17, 15) is 0 Å². The summed E-state index contributed by atoms with van der Waals surface area (Å²) in [4.78, 5) is 0. The van der Waals surface area contributed by atoms with Crippen LogP contribution < -0.4 is 5.32 Å². The van der Waals surface area contributed by atoms with Crippen LogP contribution in [0.4, 0.5) is 0 Å². The molecule has 0 spiro atoms. The predicted octanol–water partition coefficient (Wildman–Crippen LogP) is 5.20. The van der Waals surface area contributed by atoms with Crippen LogP contribution in [0.5, 0.6) is 0 Å². The Morgan fingerprint density at radius 1 is 1.26 bits per heavy atom. The summed E-state index contributed by atoms with van der Waals surface area (Å²) in [5.41, 5.74) is 1.53. The lowest BCUT2D eigenvalue weighted by molar-refractivity contribution is 0.338. The van der Waals surface area contributed by atoms with Crippen LogP contribution >= 0.6 is 0 Å². The number of unbranched alkanes of at least 4 members (excludes halogenated alkanes) is 1. The van der Waals surface area contributed by atoms with E-state index in [1.54, 1.807) is 0 Å². The van der Waals surface area contributed by atoms with Gasteiger partial charge in [-0.3, -0.25) is 0 Å². The SMILES string of the molecule is C=CCCCNCC=C(C)C(C)C(C)CC(C)CC. The van der Waals surface area contributed by atoms with Gasteiger partial charge in [0.25, 0.3) is 0 Å². The van der Waals surface area contributed by atoms with Crippen molar-refractivity contribution in [3.05, 3.63) is 24.3 Å². The molecule has 3 unspecified atom stereocenters. The first-order valence-corrected chi connectivity index (χ1v) is 8.01. The highest BCUT2D eigenvalue weighted by atomic mass is 14.8. The molecule has 0 rings (SSSR count). The van der Waals surface area contributed by atoms with Crippen LogP contribution in [-0.2, 0) is 0 Å². The fourth-order valence-electron chi connectivity index (χ4n) is 2.35. The summed E-state index contributed by atoms with van der Waals surface area (Å²) in [6.07, 6.45) is 9.29. The van der Waals surface area contributed by atoms with Crippen molar-refractivity contribution in [2.24, 2.45) is 17.8 Å². The van der Waals surface area contributed by atoms with E-state index in [0.29, 0.717) is 5.92 Å². The topological polar surface area (TPSA) is 12.0 Å². The molecule has 1 N–H and O–H groups in total. The highest BCUT2D eigenvalue weighted by molar-refractivity contribution is 5.04. The monoisotopic (exact) mass is 265 g/mol. The third-order valence-electron chi connectivity index (χ3n) is 4.37. The molecule has 112 valence electrons. The second-order valence-corrected chi connectivity index (χ2v) is 6.10. The van der Waals surface area contributed by atoms with Crippen molar-refractivity contribution in [3.63, 3.8) is 0 Å². The van der Waals surface area contributed by atoms with Crippen molar-refractivity contribution < 1.29 is 0 Å². The highest BCUT2D eigenvalue weighted by Crippen LogP contribution is 2.26. The molecule has 0 heterocycles. The molecule has 0 fully saturated rings. The van der Waals surface area contributed by atoms with E-state index < -0.39 is 0 Å². The van der Waals surface area contributed by atoms with Gasteiger partial charge in [0, 0.05) is 6.54 Å². The predicted molar refractivity (Wildman–Crippen MR) is 88.5 cm³/mol. The largest absolute Gasteiger partial charge is 0.313 e. The normalized spacial score (nSPS) is 17.0. The Kier molecular flexibility index (Phi) is 10.9. The van der Waals surface area contributed by atoms with Gasteiger partial charge in [0.1, 0.15) is 0 Å². The Morgan fingerprint density at radius 2 is 1.95 bits per heavy atom. The van der Waals surface area contributed by atoms with Gasteiger partial charge in [-0.05, 0) is 50.5 Å². The lowest BCUT2D eigenvalue weighted by Gasteiger charge is -2.23. The van der Waals surface area contributed by atoms with E-state index in [1.165, 1.54) is 24.8 Å². The molecule has 19 heavy (non-hydrogen) atoms. The smallest absolute Gasteiger partial charge is 0.0137 e. The zero-order valence-corrected chi connectivity index (χ0v) is 13.8. The fourth-order valence-corrected chi connectivity index (χ4v) is 2.35. The Morgan fingerprint density at radius 3 is 2.53 bits per heavy atom. The van der Waals surface area contributed by atoms with Crippen LogP contribution in [-0.4, -0.2) is 13.1 Å². The number of rotatable bonds is 11. The number of allylic oxidation sites excluding steroid dienone is 2. The van der Waals surface area contributed by atoms with Crippen molar-refractivity contribution in [1.29, 1.82) is 0 Å². The van der Waals surface area contributed by atoms with Gasteiger partial charge in [-0.1, -0.05) is 51.8 Å². The molecule has 0 saturated heterocycles. The third kappa shape index (κ3) is 9.04. The van der Waals surface area contributed by atoms with Crippen LogP contribution in [0.25, 0.3) is 0 Å². The van der Waals surface area contributed by atoms with E-state index >= 15 is 0 Å². The Balaban J connectivity index is 3.95. The van der Waals surface area contributed by atoms with E-state index in [4.69, 9.17) is 0 Å². The molecule has 0 aliphatic rings. The Bertz CT molecular complexity index is 254. The molecule has 1 nitrogen and oxygen atoms in total. The van der Waals surface area contributed by atoms with E-state index in [-0.39, 0.29) is 0 Å². The minimum absolute atomic E-state index is 0.698. The standard InChI is InChI=1S/C18H35N/c1-7-9-10-12-19-13-11-16(4)18(6)17(5)14-15(3)8-2/h7,11,15,17-19H,1,8-10,12-14H2,2-6H3. The van der Waals surface area contributed by atoms with Crippen molar-refractivity contribution in [2.45, 2.75) is 60.3 Å². The summed E-state index contributed by atoms with van der Waals surface area (Å²) < 4.78 is 0. The van der Waals surface area contributed by atoms with Crippen molar-refractivity contribution >= 4 is 0 Å². The van der Waals surface area contributed by atoms with Gasteiger partial charge in [0.2, 0.25) is 0 Å². The average molecular weight is 265 g/mol. The molecule has 0 radical (unpaired) electrons. The second-order valence-electron chi connectivity index (χ2n) is 6.10. The molecule has 0 saturated carbocycles. The lowest BCUT2D eigenvalue weighted by atomic mass is 9.83. The molecule has 0 aliphatic heterocycles. The van der Waals surface area contributed by atoms with E-state index in [2.05, 4.69) is 52.6 Å². The van der Waals surface area contributed by atoms with Gasteiger partial charge in [0.15, 0.2) is 0 Å². The Hall–Kier alpha value is -0.560. The van der Waals surface area contributed by atoms with Crippen LogP contribution in [0.3, 0.4) is 0 Å². The molecular formula is C18H35N. The second kappa shape index (κ2) is 11.3. The van der Waals surface area contributed by atoms with Gasteiger partial charge in [-0.15, -0.1) is 6.58 Å². The molecule has 0 aliphatic carbocycles. The first kappa shape index (κ1) is 18.4. The number of hydrogen-bond acceptors (Lipinski definition) is 1. The third-order valence-corrected chi connectivity index (χ3v) is 4.37. The molecular weight excluding hydrogens is 230 g/mol. The molecule has 3 atom stereocenters. The highest BCUT2D eigenvalue weighted by Gasteiger charge is 2.15. The maximum atomic E-state index is 3.74. The summed E-state index contributed by atoms with van der Waals surface area (Å²) >= 11 is 0. The average Bonchev–Trinajstić information content (AvgIpc) is 2.41. The van der Waals surface area contributed by atoms with Crippen molar-refractivity contribution in [3.8, 4) is 0 Å². The summed E-state index contributed by atoms with van der Waals surface area (Å²) in [6, 6.07) is 0. The number of hydrogen-bond donors (Lipinski definition) is 1. The van der Waals surface area contributed by atoms with Gasteiger partial charge in [-0.25, -0.2) is 0 Å². The lowest BCUT2D eigenvalue weighted by Crippen LogP contribution is -2.17. The first-order valence-electron chi connectivity index (χ1n) is 8.01. The minimum atomic E-state index is 0.698. The van der Waals surface area contributed by atoms with Crippen molar-refractivity contribution in [1.82, 2.24) is 5.32 Å². The van der Waals surface area contributed by atoms with Crippen LogP contribution in [0.15, 0.2) is 24.3 Å². The van der Waals surface area contributed by atoms with Crippen LogP contribution in [0.2, 0.25) is 0 Å². The fraction of sp³-hybridized carbons (Fsp3) is 0.778. The van der Waals surface area contributed by atoms with Gasteiger partial charge in [-0.2, -0.15) is 0 Å². The molecule has 0 aromatic carbocycles. The van der Waals surface area contributed by atoms with Crippen molar-refractivity contribution in [2.75, 3.05) is 13.1 Å². The quantitative estimate of drug-likeness (QED) is 0.400. The van der Waals surface area contributed by atoms with Crippen LogP contribution in [0, 0.1) is 17.8 Å². The van der Waals surface area contributed by atoms with Gasteiger partial charge < -0.3 is 5.32 Å². The van der Waals surface area contributed by atoms with Gasteiger partial charge >= 0.3 is 0 Å². The van der Waals surface area contributed by atoms with Gasteiger partial charge in [0.05, 0.1) is 0 Å². The minimum Gasteiger partial charge on any atom is -0.313 e. The summed E-state index contributed by atoms with van der Waals surface area (Å²) in [5, 5.41) is 3.47. The van der Waals surface area contributed by atoms with E-state index in [0.717, 1.165) is 31.3 Å². The maximum absolute atomic E-state index is 3.74. The summed E-state index contributed by atoms with van der Waals surface area (Å²) in [5.74, 6) is 2.33. The summed E-state index contributed by atoms with van der Waals surface area (Å²) in [6.45, 7) is 17.5. The zero-order chi connectivity index (χ0) is 14.7. The summed E-state index contributed by atoms with van der Waals surface area (Å²) in [7, 11) is 0. The molecule has 0 amide bonds. The first-order chi connectivity index (χ1) is 9.02. The molecule has 1 heteroatoms. The van der Waals surface area contributed by atoms with Crippen LogP contribution in [0.1, 0.15) is 60.3 Å². The number of nitrogens with one attached hydrogen (secondary N) is 1. The Labute approximate surface area is 121 Å². The van der Waals surface area contributed by atoms with E-state index in [1.807, 2.05) is 6.08 Å². The molecule has 0 aromatic rings.